The van der Waals surface area contributed by atoms with Gasteiger partial charge < -0.3 is 0 Å². The number of hydrogen-bond donors (Lipinski definition) is 1. The van der Waals surface area contributed by atoms with Gasteiger partial charge in [-0.25, -0.2) is 9.97 Å². The second-order valence-corrected chi connectivity index (χ2v) is 8.43. The molecule has 0 aliphatic heterocycles. The van der Waals surface area contributed by atoms with Crippen LogP contribution >= 0.6 is 27.3 Å². The standard InChI is InChI=1S/C16H17BrF2N4S/c1-14(2,3)23-15(4,12-5-11(17)8-24-12)16(18,19)13-10(6-20)7-21-9-22-13/h5,7-9,23H,1-4H3. The molecule has 0 aliphatic carbocycles. The number of alkyl halides is 2. The molecular formula is C16H17BrF2N4S. The molecule has 4 nitrogen and oxygen atoms in total. The summed E-state index contributed by atoms with van der Waals surface area (Å²) in [7, 11) is 0. The van der Waals surface area contributed by atoms with Gasteiger partial charge in [0.15, 0.2) is 0 Å². The Kier molecular flexibility index (Phi) is 5.09. The molecule has 0 spiro atoms. The van der Waals surface area contributed by atoms with Crippen LogP contribution in [0.5, 0.6) is 0 Å². The fourth-order valence-electron chi connectivity index (χ4n) is 2.52. The van der Waals surface area contributed by atoms with E-state index in [0.717, 1.165) is 17.0 Å². The van der Waals surface area contributed by atoms with Crippen LogP contribution in [0.2, 0.25) is 0 Å². The lowest BCUT2D eigenvalue weighted by atomic mass is 9.85. The third-order valence-electron chi connectivity index (χ3n) is 3.44. The van der Waals surface area contributed by atoms with Crippen molar-refractivity contribution in [1.82, 2.24) is 15.3 Å². The van der Waals surface area contributed by atoms with Crippen molar-refractivity contribution in [2.75, 3.05) is 0 Å². The summed E-state index contributed by atoms with van der Waals surface area (Å²) in [5.74, 6) is -3.43. The van der Waals surface area contributed by atoms with Crippen molar-refractivity contribution in [2.45, 2.75) is 44.7 Å². The highest BCUT2D eigenvalue weighted by atomic mass is 79.9. The van der Waals surface area contributed by atoms with Gasteiger partial charge in [0.05, 0.1) is 5.56 Å². The summed E-state index contributed by atoms with van der Waals surface area (Å²) in [6, 6.07) is 3.41. The molecule has 0 aliphatic rings. The Balaban J connectivity index is 2.68. The summed E-state index contributed by atoms with van der Waals surface area (Å²) >= 11 is 4.53. The lowest BCUT2D eigenvalue weighted by molar-refractivity contribution is -0.105. The molecule has 0 fully saturated rings. The fraction of sp³-hybridized carbons (Fsp3) is 0.438. The van der Waals surface area contributed by atoms with Crippen molar-refractivity contribution in [3.05, 3.63) is 44.6 Å². The Morgan fingerprint density at radius 1 is 1.29 bits per heavy atom. The molecule has 2 heterocycles. The molecule has 1 unspecified atom stereocenters. The molecule has 1 N–H and O–H groups in total. The van der Waals surface area contributed by atoms with Crippen molar-refractivity contribution < 1.29 is 8.78 Å². The molecule has 0 saturated carbocycles. The number of nitrogens with one attached hydrogen (secondary N) is 1. The quantitative estimate of drug-likeness (QED) is 0.795. The van der Waals surface area contributed by atoms with E-state index in [-0.39, 0.29) is 5.56 Å². The SMILES string of the molecule is CC(C)(C)NC(C)(c1cc(Br)cs1)C(F)(F)c1ncncc1C#N. The van der Waals surface area contributed by atoms with Gasteiger partial charge >= 0.3 is 5.92 Å². The monoisotopic (exact) mass is 414 g/mol. The van der Waals surface area contributed by atoms with Crippen molar-refractivity contribution in [3.8, 4) is 6.07 Å². The molecule has 0 aromatic carbocycles. The van der Waals surface area contributed by atoms with E-state index in [1.807, 2.05) is 20.8 Å². The van der Waals surface area contributed by atoms with Gasteiger partial charge in [-0.15, -0.1) is 11.3 Å². The van der Waals surface area contributed by atoms with Crippen molar-refractivity contribution in [1.29, 1.82) is 5.26 Å². The van der Waals surface area contributed by atoms with E-state index in [2.05, 4.69) is 31.2 Å². The number of hydrogen-bond acceptors (Lipinski definition) is 5. The lowest BCUT2D eigenvalue weighted by Crippen LogP contribution is -2.58. The summed E-state index contributed by atoms with van der Waals surface area (Å²) in [6.07, 6.45) is 2.14. The molecule has 0 amide bonds. The van der Waals surface area contributed by atoms with E-state index in [4.69, 9.17) is 5.26 Å². The largest absolute Gasteiger partial charge is 0.313 e. The van der Waals surface area contributed by atoms with Crippen LogP contribution in [0.4, 0.5) is 8.78 Å². The van der Waals surface area contributed by atoms with Crippen LogP contribution in [0.15, 0.2) is 28.4 Å². The van der Waals surface area contributed by atoms with Gasteiger partial charge in [0.25, 0.3) is 0 Å². The van der Waals surface area contributed by atoms with E-state index < -0.39 is 22.7 Å². The predicted octanol–water partition coefficient (Wildman–Crippen LogP) is 4.57. The van der Waals surface area contributed by atoms with Crippen LogP contribution in [0, 0.1) is 11.3 Å². The Bertz CT molecular complexity index is 779. The summed E-state index contributed by atoms with van der Waals surface area (Å²) in [6.45, 7) is 6.87. The van der Waals surface area contributed by atoms with Gasteiger partial charge in [-0.1, -0.05) is 0 Å². The number of aromatic nitrogens is 2. The first-order valence-electron chi connectivity index (χ1n) is 7.13. The molecule has 2 rings (SSSR count). The van der Waals surface area contributed by atoms with Crippen molar-refractivity contribution in [3.63, 3.8) is 0 Å². The molecule has 0 saturated heterocycles. The molecule has 24 heavy (non-hydrogen) atoms. The highest BCUT2D eigenvalue weighted by molar-refractivity contribution is 9.10. The van der Waals surface area contributed by atoms with Gasteiger partial charge in [0.2, 0.25) is 0 Å². The van der Waals surface area contributed by atoms with Crippen LogP contribution in [0.1, 0.15) is 43.8 Å². The highest BCUT2D eigenvalue weighted by Gasteiger charge is 2.56. The third-order valence-corrected chi connectivity index (χ3v) is 5.36. The molecule has 128 valence electrons. The van der Waals surface area contributed by atoms with E-state index in [0.29, 0.717) is 4.88 Å². The first kappa shape index (κ1) is 18.9. The topological polar surface area (TPSA) is 61.6 Å². The number of thiophene rings is 1. The zero-order chi connectivity index (χ0) is 18.2. The number of nitriles is 1. The molecule has 2 aromatic rings. The van der Waals surface area contributed by atoms with Gasteiger partial charge in [-0.05, 0) is 49.7 Å². The van der Waals surface area contributed by atoms with Crippen LogP contribution in [-0.4, -0.2) is 15.5 Å². The Morgan fingerprint density at radius 3 is 2.46 bits per heavy atom. The summed E-state index contributed by atoms with van der Waals surface area (Å²) in [5, 5.41) is 13.9. The summed E-state index contributed by atoms with van der Waals surface area (Å²) < 4.78 is 31.9. The predicted molar refractivity (Wildman–Crippen MR) is 92.9 cm³/mol. The maximum atomic E-state index is 15.6. The van der Waals surface area contributed by atoms with Gasteiger partial charge in [-0.2, -0.15) is 14.0 Å². The number of nitrogens with zero attached hydrogens (tertiary/aromatic N) is 3. The maximum absolute atomic E-state index is 15.6. The zero-order valence-electron chi connectivity index (χ0n) is 13.7. The minimum Gasteiger partial charge on any atom is -0.297 e. The van der Waals surface area contributed by atoms with Crippen LogP contribution in [0.25, 0.3) is 0 Å². The second-order valence-electron chi connectivity index (χ2n) is 6.60. The average molecular weight is 415 g/mol. The third kappa shape index (κ3) is 3.48. The number of rotatable bonds is 4. The van der Waals surface area contributed by atoms with Gasteiger partial charge in [-0.3, -0.25) is 5.32 Å². The van der Waals surface area contributed by atoms with Crippen LogP contribution in [-0.2, 0) is 11.5 Å². The van der Waals surface area contributed by atoms with E-state index in [1.165, 1.54) is 18.3 Å². The average Bonchev–Trinajstić information content (AvgIpc) is 2.92. The Morgan fingerprint density at radius 2 is 1.96 bits per heavy atom. The van der Waals surface area contributed by atoms with Crippen molar-refractivity contribution >= 4 is 27.3 Å². The molecule has 2 aromatic heterocycles. The maximum Gasteiger partial charge on any atom is 0.313 e. The molecule has 8 heteroatoms. The fourth-order valence-corrected chi connectivity index (χ4v) is 4.10. The second kappa shape index (κ2) is 6.47. The van der Waals surface area contributed by atoms with E-state index in [9.17, 15) is 0 Å². The molecule has 0 radical (unpaired) electrons. The minimum atomic E-state index is -3.43. The lowest BCUT2D eigenvalue weighted by Gasteiger charge is -2.42. The number of halogens is 3. The molecule has 1 atom stereocenters. The van der Waals surface area contributed by atoms with Crippen LogP contribution < -0.4 is 5.32 Å². The van der Waals surface area contributed by atoms with Crippen LogP contribution in [0.3, 0.4) is 0 Å². The molecular weight excluding hydrogens is 398 g/mol. The zero-order valence-corrected chi connectivity index (χ0v) is 16.1. The first-order valence-corrected chi connectivity index (χ1v) is 8.81. The normalized spacial score (nSPS) is 14.9. The smallest absolute Gasteiger partial charge is 0.297 e. The van der Waals surface area contributed by atoms with Crippen molar-refractivity contribution in [2.24, 2.45) is 0 Å². The minimum absolute atomic E-state index is 0.236. The van der Waals surface area contributed by atoms with Gasteiger partial charge in [0, 0.05) is 26.5 Å². The Hall–Kier alpha value is -1.43. The van der Waals surface area contributed by atoms with E-state index in [1.54, 1.807) is 17.5 Å². The highest BCUT2D eigenvalue weighted by Crippen LogP contribution is 2.48. The van der Waals surface area contributed by atoms with E-state index >= 15 is 8.78 Å². The first-order chi connectivity index (χ1) is 11.0. The summed E-state index contributed by atoms with van der Waals surface area (Å²) in [4.78, 5) is 7.83. The molecule has 0 bridgehead atoms. The Labute approximate surface area is 152 Å². The van der Waals surface area contributed by atoms with Gasteiger partial charge in [0.1, 0.15) is 23.6 Å². The summed E-state index contributed by atoms with van der Waals surface area (Å²) in [5.41, 5.74) is -3.15.